The normalized spacial score (nSPS) is 11.7. The summed E-state index contributed by atoms with van der Waals surface area (Å²) in [5.74, 6) is -0.628. The summed E-state index contributed by atoms with van der Waals surface area (Å²) < 4.78 is 20.3. The van der Waals surface area contributed by atoms with E-state index < -0.39 is 23.2 Å². The monoisotopic (exact) mass is 319 g/mol. The van der Waals surface area contributed by atoms with Gasteiger partial charge in [-0.3, -0.25) is 9.36 Å². The molecule has 0 unspecified atom stereocenters. The molecule has 1 aromatic carbocycles. The van der Waals surface area contributed by atoms with E-state index in [0.29, 0.717) is 0 Å². The number of rotatable bonds is 5. The van der Waals surface area contributed by atoms with Crippen LogP contribution in [-0.2, 0) is 13.6 Å². The van der Waals surface area contributed by atoms with Crippen molar-refractivity contribution >= 4 is 0 Å². The fraction of sp³-hybridized carbons (Fsp3) is 0.267. The summed E-state index contributed by atoms with van der Waals surface area (Å²) in [5, 5.41) is 18.8. The third-order valence-corrected chi connectivity index (χ3v) is 3.11. The highest BCUT2D eigenvalue weighted by atomic mass is 19.1. The van der Waals surface area contributed by atoms with E-state index in [-0.39, 0.29) is 24.5 Å². The molecule has 0 saturated carbocycles. The molecule has 8 heteroatoms. The molecular weight excluding hydrogens is 305 g/mol. The van der Waals surface area contributed by atoms with Gasteiger partial charge in [-0.15, -0.1) is 0 Å². The van der Waals surface area contributed by atoms with Gasteiger partial charge in [0.05, 0.1) is 6.54 Å². The lowest BCUT2D eigenvalue weighted by molar-refractivity contribution is 0.0881. The molecule has 1 aromatic heterocycles. The molecule has 0 amide bonds. The molecule has 1 atom stereocenters. The van der Waals surface area contributed by atoms with Crippen molar-refractivity contribution < 1.29 is 14.2 Å². The van der Waals surface area contributed by atoms with Crippen LogP contribution in [0.3, 0.4) is 0 Å². The molecule has 1 N–H and O–H groups in total. The Hall–Kier alpha value is -2.92. The van der Waals surface area contributed by atoms with Crippen molar-refractivity contribution in [1.29, 1.82) is 5.26 Å². The molecular formula is C15H14FN3O4. The third kappa shape index (κ3) is 3.64. The molecule has 0 aliphatic rings. The zero-order valence-electron chi connectivity index (χ0n) is 12.3. The molecule has 2 rings (SSSR count). The lowest BCUT2D eigenvalue weighted by Crippen LogP contribution is -2.43. The Balaban J connectivity index is 2.15. The smallest absolute Gasteiger partial charge is 0.330 e. The average Bonchev–Trinajstić information content (AvgIpc) is 2.54. The van der Waals surface area contributed by atoms with Crippen molar-refractivity contribution in [3.05, 3.63) is 62.7 Å². The Morgan fingerprint density at radius 1 is 1.39 bits per heavy atom. The molecule has 0 aliphatic carbocycles. The fourth-order valence-corrected chi connectivity index (χ4v) is 1.98. The molecule has 0 fully saturated rings. The van der Waals surface area contributed by atoms with Crippen molar-refractivity contribution in [2.75, 3.05) is 6.61 Å². The Labute approximate surface area is 130 Å². The molecule has 120 valence electrons. The highest BCUT2D eigenvalue weighted by Crippen LogP contribution is 2.15. The summed E-state index contributed by atoms with van der Waals surface area (Å²) in [6, 6.07) is 7.35. The van der Waals surface area contributed by atoms with Gasteiger partial charge < -0.3 is 14.4 Å². The number of nitrogens with zero attached hydrogens (tertiary/aromatic N) is 3. The quantitative estimate of drug-likeness (QED) is 0.836. The van der Waals surface area contributed by atoms with Gasteiger partial charge in [-0.2, -0.15) is 5.26 Å². The molecule has 23 heavy (non-hydrogen) atoms. The van der Waals surface area contributed by atoms with E-state index in [9.17, 15) is 19.1 Å². The number of hydrogen-bond acceptors (Lipinski definition) is 5. The zero-order chi connectivity index (χ0) is 17.0. The maximum absolute atomic E-state index is 13.4. The first-order valence-electron chi connectivity index (χ1n) is 6.70. The minimum atomic E-state index is -1.23. The first-order valence-corrected chi connectivity index (χ1v) is 6.70. The molecule has 0 spiro atoms. The number of aliphatic hydroxyl groups excluding tert-OH is 1. The summed E-state index contributed by atoms with van der Waals surface area (Å²) in [7, 11) is 1.39. The zero-order valence-corrected chi connectivity index (χ0v) is 12.3. The number of aromatic nitrogens is 2. The van der Waals surface area contributed by atoms with E-state index in [1.165, 1.54) is 25.2 Å². The molecule has 7 nitrogen and oxygen atoms in total. The van der Waals surface area contributed by atoms with Crippen LogP contribution in [0.15, 0.2) is 40.1 Å². The maximum atomic E-state index is 13.4. The molecule has 2 aromatic rings. The van der Waals surface area contributed by atoms with E-state index in [4.69, 9.17) is 10.00 Å². The predicted octanol–water partition coefficient (Wildman–Crippen LogP) is -0.00232. The molecule has 0 aliphatic heterocycles. The Morgan fingerprint density at radius 2 is 2.09 bits per heavy atom. The minimum absolute atomic E-state index is 0.0439. The molecule has 0 saturated heterocycles. The van der Waals surface area contributed by atoms with Crippen LogP contribution in [0.5, 0.6) is 5.75 Å². The SMILES string of the molecule is Cn1cc(C#N)c(=O)n(C[C@@H](O)COc2ccccc2F)c1=O. The van der Waals surface area contributed by atoms with Crippen molar-refractivity contribution in [2.45, 2.75) is 12.6 Å². The number of aryl methyl sites for hydroxylation is 1. The van der Waals surface area contributed by atoms with Crippen molar-refractivity contribution in [3.8, 4) is 11.8 Å². The van der Waals surface area contributed by atoms with E-state index in [1.807, 2.05) is 0 Å². The first kappa shape index (κ1) is 16.5. The van der Waals surface area contributed by atoms with Crippen LogP contribution in [0.1, 0.15) is 5.56 Å². The first-order chi connectivity index (χ1) is 10.9. The van der Waals surface area contributed by atoms with Crippen molar-refractivity contribution in [2.24, 2.45) is 7.05 Å². The number of aliphatic hydroxyl groups is 1. The van der Waals surface area contributed by atoms with Crippen LogP contribution in [0.2, 0.25) is 0 Å². The summed E-state index contributed by atoms with van der Waals surface area (Å²) in [4.78, 5) is 23.9. The number of halogens is 1. The summed E-state index contributed by atoms with van der Waals surface area (Å²) in [5.41, 5.74) is -1.67. The molecule has 1 heterocycles. The van der Waals surface area contributed by atoms with Gasteiger partial charge in [-0.1, -0.05) is 12.1 Å². The van der Waals surface area contributed by atoms with Gasteiger partial charge in [0.1, 0.15) is 24.3 Å². The van der Waals surface area contributed by atoms with Gasteiger partial charge in [0.25, 0.3) is 5.56 Å². The second-order valence-corrected chi connectivity index (χ2v) is 4.86. The van der Waals surface area contributed by atoms with Gasteiger partial charge in [-0.05, 0) is 12.1 Å². The lowest BCUT2D eigenvalue weighted by atomic mass is 10.3. The Morgan fingerprint density at radius 3 is 2.74 bits per heavy atom. The topological polar surface area (TPSA) is 97.2 Å². The highest BCUT2D eigenvalue weighted by Gasteiger charge is 2.15. The summed E-state index contributed by atoms with van der Waals surface area (Å²) in [6.45, 7) is -0.678. The largest absolute Gasteiger partial charge is 0.488 e. The Bertz CT molecular complexity index is 866. The van der Waals surface area contributed by atoms with Crippen LogP contribution in [0, 0.1) is 17.1 Å². The van der Waals surface area contributed by atoms with Crippen LogP contribution in [0.4, 0.5) is 4.39 Å². The van der Waals surface area contributed by atoms with Crippen LogP contribution in [0.25, 0.3) is 0 Å². The van der Waals surface area contributed by atoms with Gasteiger partial charge in [0.2, 0.25) is 0 Å². The number of hydrogen-bond donors (Lipinski definition) is 1. The number of ether oxygens (including phenoxy) is 1. The van der Waals surface area contributed by atoms with Gasteiger partial charge in [-0.25, -0.2) is 9.18 Å². The molecule has 0 radical (unpaired) electrons. The number of nitriles is 1. The average molecular weight is 319 g/mol. The third-order valence-electron chi connectivity index (χ3n) is 3.11. The predicted molar refractivity (Wildman–Crippen MR) is 78.6 cm³/mol. The summed E-state index contributed by atoms with van der Waals surface area (Å²) >= 11 is 0. The van der Waals surface area contributed by atoms with Crippen molar-refractivity contribution in [3.63, 3.8) is 0 Å². The van der Waals surface area contributed by atoms with Gasteiger partial charge in [0.15, 0.2) is 11.6 Å². The lowest BCUT2D eigenvalue weighted by Gasteiger charge is -2.14. The van der Waals surface area contributed by atoms with E-state index >= 15 is 0 Å². The standard InChI is InChI=1S/C15H14FN3O4/c1-18-7-10(6-17)14(21)19(15(18)22)8-11(20)9-23-13-5-3-2-4-12(13)16/h2-5,7,11,20H,8-9H2,1H3/t11-/m1/s1. The second kappa shape index (κ2) is 6.89. The van der Waals surface area contributed by atoms with E-state index in [1.54, 1.807) is 12.1 Å². The van der Waals surface area contributed by atoms with E-state index in [0.717, 1.165) is 15.3 Å². The second-order valence-electron chi connectivity index (χ2n) is 4.86. The fourth-order valence-electron chi connectivity index (χ4n) is 1.98. The van der Waals surface area contributed by atoms with Crippen LogP contribution in [-0.4, -0.2) is 27.0 Å². The van der Waals surface area contributed by atoms with Gasteiger partial charge >= 0.3 is 5.69 Å². The minimum Gasteiger partial charge on any atom is -0.488 e. The van der Waals surface area contributed by atoms with Gasteiger partial charge in [0, 0.05) is 13.2 Å². The maximum Gasteiger partial charge on any atom is 0.330 e. The summed E-state index contributed by atoms with van der Waals surface area (Å²) in [6.07, 6.45) is -0.0995. The van der Waals surface area contributed by atoms with E-state index in [2.05, 4.69) is 0 Å². The van der Waals surface area contributed by atoms with Crippen LogP contribution < -0.4 is 16.0 Å². The number of para-hydroxylation sites is 1. The van der Waals surface area contributed by atoms with Crippen LogP contribution >= 0.6 is 0 Å². The Kier molecular flexibility index (Phi) is 4.93. The number of benzene rings is 1. The highest BCUT2D eigenvalue weighted by molar-refractivity contribution is 5.24. The molecule has 0 bridgehead atoms. The van der Waals surface area contributed by atoms with Crippen molar-refractivity contribution in [1.82, 2.24) is 9.13 Å².